The normalized spacial score (nSPS) is 24.5. The zero-order valence-corrected chi connectivity index (χ0v) is 15.7. The number of alkyl halides is 1. The molecule has 1 heterocycles. The maximum atomic E-state index is 13.0. The van der Waals surface area contributed by atoms with Crippen molar-refractivity contribution in [2.45, 2.75) is 37.2 Å². The molecule has 0 aromatic carbocycles. The van der Waals surface area contributed by atoms with Crippen LogP contribution in [0.2, 0.25) is 0 Å². The minimum atomic E-state index is -0.776. The Morgan fingerprint density at radius 2 is 1.83 bits per heavy atom. The van der Waals surface area contributed by atoms with Crippen molar-refractivity contribution in [3.05, 3.63) is 24.1 Å². The number of rotatable bonds is 1. The number of ether oxygens (including phenoxy) is 1. The zero-order valence-electron chi connectivity index (χ0n) is 14.1. The number of hydrogen-bond donors (Lipinski definition) is 1. The minimum absolute atomic E-state index is 0.254. The lowest BCUT2D eigenvalue weighted by molar-refractivity contribution is 0.0169. The molecule has 0 saturated carbocycles. The second-order valence-electron chi connectivity index (χ2n) is 6.87. The Balaban J connectivity index is 1.83. The third-order valence-electron chi connectivity index (χ3n) is 3.63. The molecule has 1 saturated heterocycles. The fourth-order valence-electron chi connectivity index (χ4n) is 2.36. The molecule has 134 valence electrons. The molecule has 0 aromatic heterocycles. The first kappa shape index (κ1) is 18.8. The van der Waals surface area contributed by atoms with Crippen LogP contribution in [0.15, 0.2) is 24.1 Å². The van der Waals surface area contributed by atoms with Gasteiger partial charge in [-0.05, 0) is 39.0 Å². The molecule has 2 aliphatic rings. The summed E-state index contributed by atoms with van der Waals surface area (Å²) in [4.78, 5) is 27.6. The van der Waals surface area contributed by atoms with Gasteiger partial charge in [-0.25, -0.2) is 14.0 Å². The van der Waals surface area contributed by atoms with Gasteiger partial charge in [-0.2, -0.15) is 0 Å². The van der Waals surface area contributed by atoms with Crippen LogP contribution in [0.5, 0.6) is 0 Å². The van der Waals surface area contributed by atoms with Gasteiger partial charge in [-0.1, -0.05) is 15.9 Å². The van der Waals surface area contributed by atoms with E-state index in [1.54, 1.807) is 15.9 Å². The van der Waals surface area contributed by atoms with Gasteiger partial charge >= 0.3 is 12.1 Å². The fraction of sp³-hybridized carbons (Fsp3) is 0.625. The number of halogens is 2. The summed E-state index contributed by atoms with van der Waals surface area (Å²) in [6.45, 7) is 7.13. The van der Waals surface area contributed by atoms with Crippen LogP contribution in [0.3, 0.4) is 0 Å². The van der Waals surface area contributed by atoms with E-state index in [-0.39, 0.29) is 18.0 Å². The molecule has 1 N–H and O–H groups in total. The van der Waals surface area contributed by atoms with Gasteiger partial charge in [0, 0.05) is 32.6 Å². The van der Waals surface area contributed by atoms with Crippen LogP contribution in [0.4, 0.5) is 14.0 Å². The smallest absolute Gasteiger partial charge is 0.410 e. The number of hydrogen-bond acceptors (Lipinski definition) is 3. The first-order valence-corrected chi connectivity index (χ1v) is 8.66. The average molecular weight is 404 g/mol. The lowest BCUT2D eigenvalue weighted by atomic mass is 10.1. The summed E-state index contributed by atoms with van der Waals surface area (Å²) in [7, 11) is 0. The van der Waals surface area contributed by atoms with Crippen LogP contribution < -0.4 is 5.32 Å². The fourth-order valence-corrected chi connectivity index (χ4v) is 2.83. The lowest BCUT2D eigenvalue weighted by Gasteiger charge is -2.37. The number of amides is 3. The molecule has 0 aromatic rings. The van der Waals surface area contributed by atoms with Crippen LogP contribution in [-0.2, 0) is 4.74 Å². The lowest BCUT2D eigenvalue weighted by Crippen LogP contribution is -2.56. The third kappa shape index (κ3) is 5.22. The van der Waals surface area contributed by atoms with Crippen LogP contribution >= 0.6 is 15.9 Å². The molecule has 8 heteroatoms. The summed E-state index contributed by atoms with van der Waals surface area (Å²) in [5, 5.41) is 2.84. The van der Waals surface area contributed by atoms with E-state index < -0.39 is 10.0 Å². The molecule has 1 aliphatic carbocycles. The predicted octanol–water partition coefficient (Wildman–Crippen LogP) is 3.15. The SMILES string of the molecule is CC(C)(C)OC(=O)N1CCN(C(=O)NC2(Br)C=CC(F)=CC2)CC1. The number of piperazine rings is 1. The van der Waals surface area contributed by atoms with Gasteiger partial charge in [0.25, 0.3) is 0 Å². The number of carbonyl (C=O) groups excluding carboxylic acids is 2. The van der Waals surface area contributed by atoms with Gasteiger partial charge in [-0.3, -0.25) is 0 Å². The van der Waals surface area contributed by atoms with Crippen molar-refractivity contribution < 1.29 is 18.7 Å². The Labute approximate surface area is 149 Å². The van der Waals surface area contributed by atoms with Crippen molar-refractivity contribution >= 4 is 28.1 Å². The number of nitrogens with zero attached hydrogens (tertiary/aromatic N) is 2. The first-order chi connectivity index (χ1) is 11.1. The zero-order chi connectivity index (χ0) is 18.0. The molecule has 1 unspecified atom stereocenters. The van der Waals surface area contributed by atoms with Crippen molar-refractivity contribution in [2.75, 3.05) is 26.2 Å². The van der Waals surface area contributed by atoms with E-state index in [2.05, 4.69) is 21.2 Å². The van der Waals surface area contributed by atoms with Gasteiger partial charge in [0.2, 0.25) is 0 Å². The molecule has 0 radical (unpaired) electrons. The Kier molecular flexibility index (Phi) is 5.57. The van der Waals surface area contributed by atoms with Crippen LogP contribution in [0.25, 0.3) is 0 Å². The summed E-state index contributed by atoms with van der Waals surface area (Å²) < 4.78 is 17.6. The third-order valence-corrected chi connectivity index (χ3v) is 4.42. The Hall–Kier alpha value is -1.57. The number of allylic oxidation sites excluding steroid dienone is 2. The second kappa shape index (κ2) is 7.13. The maximum Gasteiger partial charge on any atom is 0.410 e. The molecule has 24 heavy (non-hydrogen) atoms. The average Bonchev–Trinajstić information content (AvgIpc) is 2.49. The van der Waals surface area contributed by atoms with Gasteiger partial charge in [-0.15, -0.1) is 0 Å². The molecule has 3 amide bonds. The Bertz CT molecular complexity index is 565. The molecular formula is C16H23BrFN3O3. The van der Waals surface area contributed by atoms with Crippen molar-refractivity contribution in [1.29, 1.82) is 0 Å². The minimum Gasteiger partial charge on any atom is -0.444 e. The summed E-state index contributed by atoms with van der Waals surface area (Å²) in [5.74, 6) is -0.315. The van der Waals surface area contributed by atoms with E-state index in [4.69, 9.17) is 4.74 Å². The number of carbonyl (C=O) groups is 2. The second-order valence-corrected chi connectivity index (χ2v) is 8.29. The summed E-state index contributed by atoms with van der Waals surface area (Å²) in [6.07, 6.45) is 4.28. The molecule has 2 rings (SSSR count). The van der Waals surface area contributed by atoms with Gasteiger partial charge in [0.1, 0.15) is 15.9 Å². The van der Waals surface area contributed by atoms with E-state index in [0.717, 1.165) is 0 Å². The number of nitrogens with one attached hydrogen (secondary N) is 1. The molecule has 1 aliphatic heterocycles. The standard InChI is InChI=1S/C16H23BrFN3O3/c1-15(2,3)24-14(23)21-10-8-20(9-11-21)13(22)19-16(17)6-4-12(18)5-7-16/h4-6H,7-11H2,1-3H3,(H,19,22). The van der Waals surface area contributed by atoms with Gasteiger partial charge in [0.15, 0.2) is 0 Å². The Morgan fingerprint density at radius 3 is 2.33 bits per heavy atom. The highest BCUT2D eigenvalue weighted by atomic mass is 79.9. The van der Waals surface area contributed by atoms with E-state index in [1.807, 2.05) is 20.8 Å². The maximum absolute atomic E-state index is 13.0. The molecule has 6 nitrogen and oxygen atoms in total. The quantitative estimate of drug-likeness (QED) is 0.540. The van der Waals surface area contributed by atoms with Gasteiger partial charge in [0.05, 0.1) is 0 Å². The van der Waals surface area contributed by atoms with E-state index >= 15 is 0 Å². The highest BCUT2D eigenvalue weighted by Gasteiger charge is 2.32. The van der Waals surface area contributed by atoms with Crippen molar-refractivity contribution in [3.63, 3.8) is 0 Å². The van der Waals surface area contributed by atoms with E-state index in [0.29, 0.717) is 32.6 Å². The summed E-state index contributed by atoms with van der Waals surface area (Å²) >= 11 is 3.42. The molecule has 1 atom stereocenters. The summed E-state index contributed by atoms with van der Waals surface area (Å²) in [6, 6.07) is -0.254. The van der Waals surface area contributed by atoms with Crippen molar-refractivity contribution in [1.82, 2.24) is 15.1 Å². The van der Waals surface area contributed by atoms with E-state index in [9.17, 15) is 14.0 Å². The molecule has 0 bridgehead atoms. The van der Waals surface area contributed by atoms with Crippen LogP contribution in [0, 0.1) is 0 Å². The van der Waals surface area contributed by atoms with Crippen LogP contribution in [-0.4, -0.2) is 58.2 Å². The monoisotopic (exact) mass is 403 g/mol. The van der Waals surface area contributed by atoms with Gasteiger partial charge < -0.3 is 19.9 Å². The highest BCUT2D eigenvalue weighted by Crippen LogP contribution is 2.28. The highest BCUT2D eigenvalue weighted by molar-refractivity contribution is 9.10. The molecule has 0 spiro atoms. The van der Waals surface area contributed by atoms with E-state index in [1.165, 1.54) is 12.2 Å². The summed E-state index contributed by atoms with van der Waals surface area (Å²) in [5.41, 5.74) is -0.538. The predicted molar refractivity (Wildman–Crippen MR) is 92.5 cm³/mol. The number of urea groups is 1. The first-order valence-electron chi connectivity index (χ1n) is 7.87. The molecular weight excluding hydrogens is 381 g/mol. The van der Waals surface area contributed by atoms with Crippen molar-refractivity contribution in [2.24, 2.45) is 0 Å². The van der Waals surface area contributed by atoms with Crippen molar-refractivity contribution in [3.8, 4) is 0 Å². The van der Waals surface area contributed by atoms with Crippen LogP contribution in [0.1, 0.15) is 27.2 Å². The molecule has 1 fully saturated rings. The largest absolute Gasteiger partial charge is 0.444 e. The Morgan fingerprint density at radius 1 is 1.25 bits per heavy atom. The topological polar surface area (TPSA) is 61.9 Å².